The van der Waals surface area contributed by atoms with Gasteiger partial charge in [-0.05, 0) is 0 Å². The summed E-state index contributed by atoms with van der Waals surface area (Å²) < 4.78 is 0. The number of rotatable bonds is 0. The van der Waals surface area contributed by atoms with Gasteiger partial charge in [0.05, 0.1) is 0 Å². The Morgan fingerprint density at radius 3 is 0.0408 bits per heavy atom. The fraction of sp³-hybridized carbons (Fsp3) is 0. The first kappa shape index (κ1) is 399. The van der Waals surface area contributed by atoms with Crippen molar-refractivity contribution in [2.24, 2.45) is 0 Å². The summed E-state index contributed by atoms with van der Waals surface area (Å²) in [6.07, 6.45) is 0. The molecule has 0 radical (unpaired) electrons. The second-order valence-electron chi connectivity index (χ2n) is 0. The zero-order chi connectivity index (χ0) is 0. The molecule has 0 aromatic heterocycles. The van der Waals surface area contributed by atoms with E-state index in [0.717, 1.165) is 0 Å². The van der Waals surface area contributed by atoms with Crippen molar-refractivity contribution in [3.05, 3.63) is 0 Å². The Hall–Kier alpha value is 45.5. The minimum absolute atomic E-state index is 0. The van der Waals surface area contributed by atoms with Crippen molar-refractivity contribution in [3.8, 4) is 0 Å². The van der Waals surface area contributed by atoms with Gasteiger partial charge in [-0.15, -0.1) is 62.0 Å². The van der Waals surface area contributed by atoms with Crippen molar-refractivity contribution in [2.45, 2.75) is 0 Å². The molecular formula is H49Cl5Na44. The molecule has 0 heterocycles. The Morgan fingerprint density at radius 2 is 0.0408 bits per heavy atom. The van der Waals surface area contributed by atoms with Gasteiger partial charge in [0.15, 0.2) is 0 Å². The molecule has 0 bridgehead atoms. The number of hydrogen-bond donors (Lipinski definition) is 0. The minimum atomic E-state index is 0. The van der Waals surface area contributed by atoms with Crippen molar-refractivity contribution in [2.75, 3.05) is 0 Å². The van der Waals surface area contributed by atoms with Crippen LogP contribution >= 0.6 is 62.0 Å². The first-order valence-electron chi connectivity index (χ1n) is 0. The fourth-order valence-corrected chi connectivity index (χ4v) is 0. The SMILES string of the molecule is Cl.Cl.Cl.Cl.Cl.[NaH].[NaH].[NaH].[NaH].[NaH].[NaH].[NaH].[NaH].[NaH].[NaH].[NaH].[NaH].[NaH].[NaH].[NaH].[NaH].[NaH].[NaH].[NaH].[NaH].[NaH].[NaH].[NaH].[NaH].[NaH].[NaH].[NaH].[NaH].[NaH].[NaH].[NaH].[NaH].[NaH].[NaH].[NaH].[NaH].[NaH].[NaH].[NaH].[NaH].[NaH].[NaH].[NaH].[NaH]. The summed E-state index contributed by atoms with van der Waals surface area (Å²) in [5.74, 6) is 0. The molecule has 0 rings (SSSR count). The zero-order valence-electron chi connectivity index (χ0n) is 2.04. The normalized spacial score (nSPS) is 0. The van der Waals surface area contributed by atoms with Gasteiger partial charge in [0, 0.05) is 0 Å². The summed E-state index contributed by atoms with van der Waals surface area (Å²) in [6.45, 7) is 0. The molecule has 0 saturated heterocycles. The van der Waals surface area contributed by atoms with Gasteiger partial charge in [-0.3, -0.25) is 0 Å². The van der Waals surface area contributed by atoms with Crippen LogP contribution in [0.25, 0.3) is 0 Å². The molecule has 0 aromatic rings. The Labute approximate surface area is 1310 Å². The molecule has 49 heteroatoms. The van der Waals surface area contributed by atoms with Gasteiger partial charge >= 0.3 is 1300 Å². The molecular weight excluding hydrogens is 1190 g/mol. The van der Waals surface area contributed by atoms with Crippen molar-refractivity contribution >= 4 is 1360 Å². The van der Waals surface area contributed by atoms with Gasteiger partial charge in [-0.2, -0.15) is 0 Å². The first-order chi connectivity index (χ1) is 0. The van der Waals surface area contributed by atoms with E-state index in [2.05, 4.69) is 0 Å². The van der Waals surface area contributed by atoms with Crippen LogP contribution in [0.1, 0.15) is 0 Å². The molecule has 0 spiro atoms. The summed E-state index contributed by atoms with van der Waals surface area (Å²) in [5, 5.41) is 0. The van der Waals surface area contributed by atoms with Crippen LogP contribution in [-0.4, -0.2) is 1300 Å². The number of hydrogen-bond acceptors (Lipinski definition) is 0. The summed E-state index contributed by atoms with van der Waals surface area (Å²) in [7, 11) is 0. The molecule has 49 heavy (non-hydrogen) atoms. The van der Waals surface area contributed by atoms with Crippen molar-refractivity contribution in [1.29, 1.82) is 0 Å². The molecule has 0 saturated carbocycles. The van der Waals surface area contributed by atoms with Crippen LogP contribution in [0.4, 0.5) is 0 Å². The average molecular weight is 1240 g/mol. The predicted molar refractivity (Wildman–Crippen MR) is 351 cm³/mol. The maximum atomic E-state index is 0. The first-order valence-corrected chi connectivity index (χ1v) is 0. The van der Waals surface area contributed by atoms with E-state index in [1.807, 2.05) is 0 Å². The van der Waals surface area contributed by atoms with Gasteiger partial charge in [-0.1, -0.05) is 0 Å². The summed E-state index contributed by atoms with van der Waals surface area (Å²) in [5.41, 5.74) is 0. The van der Waals surface area contributed by atoms with E-state index in [0.29, 0.717) is 0 Å². The summed E-state index contributed by atoms with van der Waals surface area (Å²) in [4.78, 5) is 0. The Bertz CT molecular complexity index is 23.3. The van der Waals surface area contributed by atoms with E-state index in [-0.39, 0.29) is 1360 Å². The van der Waals surface area contributed by atoms with Crippen LogP contribution < -0.4 is 0 Å². The van der Waals surface area contributed by atoms with Gasteiger partial charge in [0.25, 0.3) is 0 Å². The predicted octanol–water partition coefficient (Wildman–Crippen LogP) is -26.4. The van der Waals surface area contributed by atoms with E-state index in [9.17, 15) is 0 Å². The van der Waals surface area contributed by atoms with Gasteiger partial charge in [0.1, 0.15) is 0 Å². The standard InChI is InChI=1S/5ClH.44Na.44H/h5*1H;;;;;;;;;;;;;;;;;;;;;;;;;;;;;;;;;;;;;;;;;;;;;;;;;;;;;;;;;;;;;;;;;;;;;;;;;;;;;;;;;;;;;;;;. The second kappa shape index (κ2) is 387. The molecule has 0 nitrogen and oxygen atoms in total. The quantitative estimate of drug-likeness (QED) is 0.212. The van der Waals surface area contributed by atoms with Gasteiger partial charge in [0.2, 0.25) is 0 Å². The average Bonchev–Trinajstić information content (AvgIpc) is 0. The second-order valence-corrected chi connectivity index (χ2v) is 0. The Kier molecular flexibility index (Phi) is 3150. The van der Waals surface area contributed by atoms with Gasteiger partial charge in [-0.25, -0.2) is 0 Å². The molecule has 0 N–H and O–H groups in total. The van der Waals surface area contributed by atoms with Crippen molar-refractivity contribution in [3.63, 3.8) is 0 Å². The van der Waals surface area contributed by atoms with Crippen LogP contribution in [0.3, 0.4) is 0 Å². The molecule has 0 aliphatic carbocycles. The third kappa shape index (κ3) is 378. The molecule has 0 atom stereocenters. The van der Waals surface area contributed by atoms with Crippen molar-refractivity contribution < 1.29 is 0 Å². The molecule has 0 fully saturated rings. The molecule has 128 valence electrons. The van der Waals surface area contributed by atoms with Crippen LogP contribution in [0.2, 0.25) is 0 Å². The third-order valence-corrected chi connectivity index (χ3v) is 0. The number of halogens is 5. The molecule has 0 amide bonds. The zero-order valence-corrected chi connectivity index (χ0v) is 6.12. The molecule has 0 aliphatic rings. The maximum absolute atomic E-state index is 0. The topological polar surface area (TPSA) is 0 Å². The van der Waals surface area contributed by atoms with E-state index < -0.39 is 0 Å². The third-order valence-electron chi connectivity index (χ3n) is 0. The van der Waals surface area contributed by atoms with E-state index in [4.69, 9.17) is 0 Å². The molecule has 0 aromatic carbocycles. The van der Waals surface area contributed by atoms with Crippen LogP contribution in [0.5, 0.6) is 0 Å². The molecule has 0 unspecified atom stereocenters. The summed E-state index contributed by atoms with van der Waals surface area (Å²) in [6, 6.07) is 0. The van der Waals surface area contributed by atoms with E-state index in [1.165, 1.54) is 0 Å². The van der Waals surface area contributed by atoms with Crippen LogP contribution in [0, 0.1) is 0 Å². The fourth-order valence-electron chi connectivity index (χ4n) is 0. The Morgan fingerprint density at radius 1 is 0.0408 bits per heavy atom. The van der Waals surface area contributed by atoms with Crippen LogP contribution in [0.15, 0.2) is 0 Å². The van der Waals surface area contributed by atoms with E-state index in [1.54, 1.807) is 0 Å². The monoisotopic (exact) mass is 1240 g/mol. The molecule has 0 aliphatic heterocycles. The van der Waals surface area contributed by atoms with Crippen LogP contribution in [-0.2, 0) is 0 Å². The van der Waals surface area contributed by atoms with Crippen molar-refractivity contribution in [1.82, 2.24) is 0 Å². The van der Waals surface area contributed by atoms with Gasteiger partial charge < -0.3 is 0 Å². The summed E-state index contributed by atoms with van der Waals surface area (Å²) >= 11 is 0. The Balaban J connectivity index is 0. The van der Waals surface area contributed by atoms with E-state index >= 15 is 0 Å².